The number of hydrogen-bond acceptors (Lipinski definition) is 3. The summed E-state index contributed by atoms with van der Waals surface area (Å²) in [6.45, 7) is 9.38. The molecule has 3 atom stereocenters. The molecule has 1 aromatic carbocycles. The van der Waals surface area contributed by atoms with Crippen molar-refractivity contribution in [3.05, 3.63) is 76.7 Å². The molecule has 0 saturated carbocycles. The summed E-state index contributed by atoms with van der Waals surface area (Å²) in [5.74, 6) is 0.493. The Kier molecular flexibility index (Phi) is 10.6. The summed E-state index contributed by atoms with van der Waals surface area (Å²) in [5, 5.41) is 17.4. The highest BCUT2D eigenvalue weighted by molar-refractivity contribution is 9.10. The van der Waals surface area contributed by atoms with Crippen LogP contribution in [0, 0.1) is 5.92 Å². The SMILES string of the molecule is CCC.CCC1(CCNC(O)c2ccc(Br)cc2)N/C=C/C(C)C/C=C/n2cccc21. The van der Waals surface area contributed by atoms with Crippen molar-refractivity contribution >= 4 is 22.1 Å². The Balaban J connectivity index is 0.00000107. The second-order valence-corrected chi connectivity index (χ2v) is 9.12. The number of halogens is 1. The number of hydrogen-bond donors (Lipinski definition) is 3. The van der Waals surface area contributed by atoms with Crippen molar-refractivity contribution in [3.63, 3.8) is 0 Å². The molecule has 4 nitrogen and oxygen atoms in total. The Labute approximate surface area is 196 Å². The second kappa shape index (κ2) is 12.9. The molecule has 170 valence electrons. The van der Waals surface area contributed by atoms with Gasteiger partial charge in [0, 0.05) is 29.1 Å². The lowest BCUT2D eigenvalue weighted by atomic mass is 9.87. The normalized spacial score (nSPS) is 23.5. The summed E-state index contributed by atoms with van der Waals surface area (Å²) >= 11 is 3.43. The Morgan fingerprint density at radius 1 is 1.23 bits per heavy atom. The molecule has 0 amide bonds. The molecule has 0 saturated heterocycles. The van der Waals surface area contributed by atoms with Crippen LogP contribution in [0.15, 0.2) is 65.4 Å². The molecule has 2 aromatic rings. The van der Waals surface area contributed by atoms with Crippen LogP contribution in [-0.2, 0) is 5.54 Å². The Hall–Kier alpha value is -1.82. The van der Waals surface area contributed by atoms with Gasteiger partial charge in [-0.15, -0.1) is 0 Å². The van der Waals surface area contributed by atoms with Gasteiger partial charge in [-0.05, 0) is 61.2 Å². The predicted molar refractivity (Wildman–Crippen MR) is 135 cm³/mol. The highest BCUT2D eigenvalue weighted by Crippen LogP contribution is 2.30. The number of nitrogens with one attached hydrogen (secondary N) is 2. The van der Waals surface area contributed by atoms with Gasteiger partial charge in [0.1, 0.15) is 6.23 Å². The maximum atomic E-state index is 10.5. The molecule has 0 fully saturated rings. The predicted octanol–water partition coefficient (Wildman–Crippen LogP) is 6.56. The Bertz CT molecular complexity index is 827. The third-order valence-corrected chi connectivity index (χ3v) is 6.03. The maximum Gasteiger partial charge on any atom is 0.131 e. The van der Waals surface area contributed by atoms with E-state index >= 15 is 0 Å². The summed E-state index contributed by atoms with van der Waals surface area (Å²) in [6.07, 6.45) is 14.2. The zero-order valence-electron chi connectivity index (χ0n) is 19.3. The first-order valence-electron chi connectivity index (χ1n) is 11.4. The largest absolute Gasteiger partial charge is 0.380 e. The van der Waals surface area contributed by atoms with E-state index in [1.807, 2.05) is 24.3 Å². The summed E-state index contributed by atoms with van der Waals surface area (Å²) in [5.41, 5.74) is 1.91. The first-order chi connectivity index (χ1) is 15.0. The topological polar surface area (TPSA) is 49.2 Å². The monoisotopic (exact) mass is 487 g/mol. The summed E-state index contributed by atoms with van der Waals surface area (Å²) < 4.78 is 3.22. The standard InChI is InChI=1S/C23H30BrN3O.C3H8/c1-3-23(13-15-25-22(28)19-8-10-20(24)11-9-19)21-7-5-17-27(21)16-4-6-18(2)12-14-26-23;1-3-2/h4-5,7-12,14,16-18,22,25-26,28H,3,6,13,15H2,1-2H3;3H2,1-2H3/b14-12+,16-4+;. The quantitative estimate of drug-likeness (QED) is 0.404. The van der Waals surface area contributed by atoms with E-state index in [1.54, 1.807) is 0 Å². The Morgan fingerprint density at radius 3 is 2.61 bits per heavy atom. The lowest BCUT2D eigenvalue weighted by Gasteiger charge is -2.35. The van der Waals surface area contributed by atoms with Gasteiger partial charge in [0.25, 0.3) is 0 Å². The van der Waals surface area contributed by atoms with Crippen LogP contribution in [0.4, 0.5) is 0 Å². The first kappa shape index (κ1) is 25.4. The van der Waals surface area contributed by atoms with Crippen LogP contribution in [0.1, 0.15) is 70.9 Å². The number of aliphatic hydroxyl groups excluding tert-OH is 1. The van der Waals surface area contributed by atoms with E-state index in [9.17, 15) is 5.11 Å². The number of allylic oxidation sites excluding steroid dienone is 2. The van der Waals surface area contributed by atoms with Gasteiger partial charge in [-0.1, -0.05) is 74.3 Å². The fourth-order valence-electron chi connectivity index (χ4n) is 3.69. The summed E-state index contributed by atoms with van der Waals surface area (Å²) in [6, 6.07) is 12.0. The smallest absolute Gasteiger partial charge is 0.131 e. The minimum Gasteiger partial charge on any atom is -0.380 e. The number of aromatic nitrogens is 1. The molecule has 3 rings (SSSR count). The molecule has 1 aromatic heterocycles. The highest BCUT2D eigenvalue weighted by atomic mass is 79.9. The van der Waals surface area contributed by atoms with Crippen molar-refractivity contribution < 1.29 is 5.11 Å². The molecule has 0 bridgehead atoms. The van der Waals surface area contributed by atoms with Gasteiger partial charge in [-0.3, -0.25) is 5.32 Å². The van der Waals surface area contributed by atoms with Crippen LogP contribution >= 0.6 is 15.9 Å². The van der Waals surface area contributed by atoms with Crippen LogP contribution in [0.3, 0.4) is 0 Å². The van der Waals surface area contributed by atoms with Crippen molar-refractivity contribution in [2.45, 2.75) is 65.1 Å². The zero-order valence-corrected chi connectivity index (χ0v) is 20.9. The van der Waals surface area contributed by atoms with Crippen LogP contribution in [-0.4, -0.2) is 16.2 Å². The molecular formula is C26H38BrN3O. The molecular weight excluding hydrogens is 450 g/mol. The summed E-state index contributed by atoms with van der Waals surface area (Å²) in [7, 11) is 0. The van der Waals surface area contributed by atoms with E-state index in [0.717, 1.165) is 29.3 Å². The van der Waals surface area contributed by atoms with E-state index in [2.05, 4.69) is 102 Å². The van der Waals surface area contributed by atoms with E-state index in [0.29, 0.717) is 12.5 Å². The molecule has 5 heteroatoms. The van der Waals surface area contributed by atoms with E-state index in [1.165, 1.54) is 12.1 Å². The third kappa shape index (κ3) is 7.37. The van der Waals surface area contributed by atoms with Crippen LogP contribution in [0.25, 0.3) is 6.20 Å². The first-order valence-corrected chi connectivity index (χ1v) is 12.2. The number of aliphatic hydroxyl groups is 1. The van der Waals surface area contributed by atoms with Gasteiger partial charge in [0.05, 0.1) is 5.54 Å². The van der Waals surface area contributed by atoms with Crippen LogP contribution < -0.4 is 10.6 Å². The van der Waals surface area contributed by atoms with Crippen molar-refractivity contribution in [2.24, 2.45) is 5.92 Å². The molecule has 31 heavy (non-hydrogen) atoms. The van der Waals surface area contributed by atoms with Gasteiger partial charge < -0.3 is 15.0 Å². The van der Waals surface area contributed by atoms with E-state index in [4.69, 9.17) is 0 Å². The minimum atomic E-state index is -0.677. The average Bonchev–Trinajstić information content (AvgIpc) is 3.22. The van der Waals surface area contributed by atoms with Gasteiger partial charge in [0.15, 0.2) is 0 Å². The fourth-order valence-corrected chi connectivity index (χ4v) is 3.95. The molecule has 0 spiro atoms. The highest BCUT2D eigenvalue weighted by Gasteiger charge is 2.31. The fraction of sp³-hybridized carbons (Fsp3) is 0.462. The van der Waals surface area contributed by atoms with Crippen molar-refractivity contribution in [1.29, 1.82) is 0 Å². The lowest BCUT2D eigenvalue weighted by molar-refractivity contribution is 0.133. The van der Waals surface area contributed by atoms with E-state index in [-0.39, 0.29) is 5.54 Å². The molecule has 3 N–H and O–H groups in total. The molecule has 1 aliphatic rings. The van der Waals surface area contributed by atoms with Crippen LogP contribution in [0.2, 0.25) is 0 Å². The maximum absolute atomic E-state index is 10.5. The number of benzene rings is 1. The minimum absolute atomic E-state index is 0.201. The molecule has 0 radical (unpaired) electrons. The van der Waals surface area contributed by atoms with Gasteiger partial charge in [-0.25, -0.2) is 0 Å². The Morgan fingerprint density at radius 2 is 1.94 bits per heavy atom. The van der Waals surface area contributed by atoms with Crippen molar-refractivity contribution in [1.82, 2.24) is 15.2 Å². The number of fused-ring (bicyclic) bond motifs is 1. The molecule has 0 aliphatic carbocycles. The van der Waals surface area contributed by atoms with Crippen molar-refractivity contribution in [2.75, 3.05) is 6.54 Å². The third-order valence-electron chi connectivity index (χ3n) is 5.51. The zero-order chi connectivity index (χ0) is 22.7. The van der Waals surface area contributed by atoms with Gasteiger partial charge in [0.2, 0.25) is 0 Å². The van der Waals surface area contributed by atoms with Crippen LogP contribution in [0.5, 0.6) is 0 Å². The van der Waals surface area contributed by atoms with Gasteiger partial charge in [-0.2, -0.15) is 0 Å². The average molecular weight is 489 g/mol. The van der Waals surface area contributed by atoms with E-state index < -0.39 is 6.23 Å². The number of rotatable bonds is 6. The molecule has 2 heterocycles. The van der Waals surface area contributed by atoms with Crippen molar-refractivity contribution in [3.8, 4) is 0 Å². The summed E-state index contributed by atoms with van der Waals surface area (Å²) in [4.78, 5) is 0. The molecule has 1 aliphatic heterocycles. The second-order valence-electron chi connectivity index (χ2n) is 8.20. The lowest BCUT2D eigenvalue weighted by Crippen LogP contribution is -2.43. The number of nitrogens with zero attached hydrogens (tertiary/aromatic N) is 1. The molecule has 3 unspecified atom stereocenters. The van der Waals surface area contributed by atoms with Gasteiger partial charge >= 0.3 is 0 Å².